The molecule has 1 amide bonds. The predicted molar refractivity (Wildman–Crippen MR) is 106 cm³/mol. The third kappa shape index (κ3) is 4.11. The number of hydrogen-bond acceptors (Lipinski definition) is 4. The SMILES string of the molecule is Cc1ccccc1-c1nnc(SCC(=O)N[C@@H]2CCC[C@@H](C)[C@@H]2C)n1C. The number of amides is 1. The van der Waals surface area contributed by atoms with Crippen LogP contribution in [-0.2, 0) is 11.8 Å². The number of carbonyl (C=O) groups excluding carboxylic acids is 1. The molecule has 1 aliphatic rings. The summed E-state index contributed by atoms with van der Waals surface area (Å²) in [5.41, 5.74) is 2.24. The number of aryl methyl sites for hydroxylation is 1. The average molecular weight is 373 g/mol. The van der Waals surface area contributed by atoms with Crippen molar-refractivity contribution in [1.29, 1.82) is 0 Å². The predicted octanol–water partition coefficient (Wildman–Crippen LogP) is 3.82. The van der Waals surface area contributed by atoms with E-state index in [0.717, 1.165) is 28.5 Å². The zero-order valence-corrected chi connectivity index (χ0v) is 16.8. The summed E-state index contributed by atoms with van der Waals surface area (Å²) in [6.07, 6.45) is 3.55. The van der Waals surface area contributed by atoms with Gasteiger partial charge in [0.05, 0.1) is 5.75 Å². The number of aromatic nitrogens is 3. The van der Waals surface area contributed by atoms with Crippen LogP contribution in [0.3, 0.4) is 0 Å². The van der Waals surface area contributed by atoms with Crippen LogP contribution in [0.25, 0.3) is 11.4 Å². The highest BCUT2D eigenvalue weighted by molar-refractivity contribution is 7.99. The molecule has 1 saturated carbocycles. The molecule has 0 radical (unpaired) electrons. The van der Waals surface area contributed by atoms with Gasteiger partial charge in [0, 0.05) is 18.7 Å². The summed E-state index contributed by atoms with van der Waals surface area (Å²) in [6.45, 7) is 6.60. The number of carbonyl (C=O) groups is 1. The van der Waals surface area contributed by atoms with Gasteiger partial charge in [0.15, 0.2) is 11.0 Å². The Balaban J connectivity index is 1.60. The zero-order valence-electron chi connectivity index (χ0n) is 16.0. The molecule has 6 heteroatoms. The zero-order chi connectivity index (χ0) is 18.7. The van der Waals surface area contributed by atoms with Crippen molar-refractivity contribution in [2.45, 2.75) is 51.2 Å². The van der Waals surface area contributed by atoms with E-state index < -0.39 is 0 Å². The van der Waals surface area contributed by atoms with Crippen LogP contribution in [0.15, 0.2) is 29.4 Å². The maximum absolute atomic E-state index is 12.4. The van der Waals surface area contributed by atoms with Gasteiger partial charge in [-0.05, 0) is 30.7 Å². The van der Waals surface area contributed by atoms with Crippen LogP contribution < -0.4 is 5.32 Å². The minimum absolute atomic E-state index is 0.0846. The fraction of sp³-hybridized carbons (Fsp3) is 0.550. The summed E-state index contributed by atoms with van der Waals surface area (Å²) < 4.78 is 1.96. The summed E-state index contributed by atoms with van der Waals surface area (Å²) in [5, 5.41) is 12.6. The van der Waals surface area contributed by atoms with Gasteiger partial charge in [0.1, 0.15) is 0 Å². The first-order chi connectivity index (χ1) is 12.5. The van der Waals surface area contributed by atoms with Gasteiger partial charge in [-0.15, -0.1) is 10.2 Å². The number of thioether (sulfide) groups is 1. The first-order valence-corrected chi connectivity index (χ1v) is 10.3. The first-order valence-electron chi connectivity index (χ1n) is 9.35. The third-order valence-electron chi connectivity index (χ3n) is 5.61. The highest BCUT2D eigenvalue weighted by Gasteiger charge is 2.28. The minimum atomic E-state index is 0.0846. The highest BCUT2D eigenvalue weighted by atomic mass is 32.2. The van der Waals surface area contributed by atoms with Crippen LogP contribution in [0.4, 0.5) is 0 Å². The third-order valence-corrected chi connectivity index (χ3v) is 6.63. The minimum Gasteiger partial charge on any atom is -0.352 e. The van der Waals surface area contributed by atoms with E-state index in [2.05, 4.69) is 42.4 Å². The number of rotatable bonds is 5. The largest absolute Gasteiger partial charge is 0.352 e. The monoisotopic (exact) mass is 372 g/mol. The smallest absolute Gasteiger partial charge is 0.230 e. The Morgan fingerprint density at radius 3 is 2.81 bits per heavy atom. The van der Waals surface area contributed by atoms with E-state index in [1.54, 1.807) is 0 Å². The second kappa shape index (κ2) is 8.25. The van der Waals surface area contributed by atoms with E-state index in [-0.39, 0.29) is 5.91 Å². The van der Waals surface area contributed by atoms with Gasteiger partial charge in [-0.2, -0.15) is 0 Å². The van der Waals surface area contributed by atoms with Crippen molar-refractivity contribution in [3.8, 4) is 11.4 Å². The van der Waals surface area contributed by atoms with Crippen LogP contribution in [0, 0.1) is 18.8 Å². The van der Waals surface area contributed by atoms with Gasteiger partial charge in [-0.25, -0.2) is 0 Å². The molecule has 3 atom stereocenters. The Morgan fingerprint density at radius 2 is 2.04 bits per heavy atom. The fourth-order valence-corrected chi connectivity index (χ4v) is 4.39. The Bertz CT molecular complexity index is 773. The number of hydrogen-bond donors (Lipinski definition) is 1. The lowest BCUT2D eigenvalue weighted by molar-refractivity contribution is -0.120. The van der Waals surface area contributed by atoms with Crippen molar-refractivity contribution in [3.05, 3.63) is 29.8 Å². The van der Waals surface area contributed by atoms with Gasteiger partial charge >= 0.3 is 0 Å². The van der Waals surface area contributed by atoms with E-state index >= 15 is 0 Å². The number of nitrogens with zero attached hydrogens (tertiary/aromatic N) is 3. The quantitative estimate of drug-likeness (QED) is 0.811. The summed E-state index contributed by atoms with van der Waals surface area (Å²) in [7, 11) is 1.95. The lowest BCUT2D eigenvalue weighted by Gasteiger charge is -2.34. The van der Waals surface area contributed by atoms with Crippen LogP contribution >= 0.6 is 11.8 Å². The van der Waals surface area contributed by atoms with Crippen LogP contribution in [0.1, 0.15) is 38.7 Å². The normalized spacial score (nSPS) is 23.0. The molecular weight excluding hydrogens is 344 g/mol. The molecule has 1 N–H and O–H groups in total. The van der Waals surface area contributed by atoms with Crippen LogP contribution in [0.5, 0.6) is 0 Å². The molecule has 0 saturated heterocycles. The molecule has 1 fully saturated rings. The molecule has 0 bridgehead atoms. The van der Waals surface area contributed by atoms with Gasteiger partial charge in [-0.1, -0.05) is 62.7 Å². The molecule has 1 heterocycles. The standard InChI is InChI=1S/C20H28N4OS/c1-13-9-7-11-17(15(13)3)21-18(25)12-26-20-23-22-19(24(20)4)16-10-6-5-8-14(16)2/h5-6,8,10,13,15,17H,7,9,11-12H2,1-4H3,(H,21,25)/t13-,15+,17-/m1/s1. The summed E-state index contributed by atoms with van der Waals surface area (Å²) >= 11 is 1.44. The van der Waals surface area contributed by atoms with E-state index in [1.807, 2.05) is 29.8 Å². The molecular formula is C20H28N4OS. The molecule has 1 aliphatic carbocycles. The Hall–Kier alpha value is -1.82. The average Bonchev–Trinajstić information content (AvgIpc) is 2.98. The van der Waals surface area contributed by atoms with Crippen molar-refractivity contribution in [1.82, 2.24) is 20.1 Å². The van der Waals surface area contributed by atoms with Crippen molar-refractivity contribution in [2.75, 3.05) is 5.75 Å². The topological polar surface area (TPSA) is 59.8 Å². The molecule has 1 aromatic carbocycles. The van der Waals surface area contributed by atoms with E-state index in [0.29, 0.717) is 23.6 Å². The Morgan fingerprint density at radius 1 is 1.27 bits per heavy atom. The molecule has 140 valence electrons. The van der Waals surface area contributed by atoms with E-state index in [4.69, 9.17) is 0 Å². The molecule has 0 spiro atoms. The molecule has 26 heavy (non-hydrogen) atoms. The van der Waals surface area contributed by atoms with Crippen molar-refractivity contribution in [3.63, 3.8) is 0 Å². The summed E-state index contributed by atoms with van der Waals surface area (Å²) in [4.78, 5) is 12.4. The van der Waals surface area contributed by atoms with E-state index in [9.17, 15) is 4.79 Å². The molecule has 5 nitrogen and oxygen atoms in total. The number of benzene rings is 1. The molecule has 0 aliphatic heterocycles. The first kappa shape index (κ1) is 19.0. The van der Waals surface area contributed by atoms with Crippen molar-refractivity contribution >= 4 is 17.7 Å². The van der Waals surface area contributed by atoms with E-state index in [1.165, 1.54) is 24.6 Å². The van der Waals surface area contributed by atoms with Crippen molar-refractivity contribution < 1.29 is 4.79 Å². The molecule has 3 rings (SSSR count). The summed E-state index contributed by atoms with van der Waals surface area (Å²) in [6, 6.07) is 8.43. The molecule has 2 aromatic rings. The van der Waals surface area contributed by atoms with Gasteiger partial charge in [0.2, 0.25) is 5.91 Å². The maximum Gasteiger partial charge on any atom is 0.230 e. The molecule has 0 unspecified atom stereocenters. The Labute approximate surface area is 160 Å². The lowest BCUT2D eigenvalue weighted by atomic mass is 9.78. The Kier molecular flexibility index (Phi) is 6.01. The maximum atomic E-state index is 12.4. The van der Waals surface area contributed by atoms with Gasteiger partial charge in [0.25, 0.3) is 0 Å². The van der Waals surface area contributed by atoms with Gasteiger partial charge in [-0.3, -0.25) is 4.79 Å². The van der Waals surface area contributed by atoms with Crippen LogP contribution in [0.2, 0.25) is 0 Å². The summed E-state index contributed by atoms with van der Waals surface area (Å²) in [5.74, 6) is 2.51. The number of nitrogens with one attached hydrogen (secondary N) is 1. The second-order valence-corrected chi connectivity index (χ2v) is 8.35. The molecule has 1 aromatic heterocycles. The fourth-order valence-electron chi connectivity index (χ4n) is 3.66. The van der Waals surface area contributed by atoms with Crippen molar-refractivity contribution in [2.24, 2.45) is 18.9 Å². The van der Waals surface area contributed by atoms with Crippen LogP contribution in [-0.4, -0.2) is 32.5 Å². The second-order valence-electron chi connectivity index (χ2n) is 7.41. The highest BCUT2D eigenvalue weighted by Crippen LogP contribution is 2.30. The van der Waals surface area contributed by atoms with Gasteiger partial charge < -0.3 is 9.88 Å². The lowest BCUT2D eigenvalue weighted by Crippen LogP contribution is -2.44.